The van der Waals surface area contributed by atoms with Crippen molar-refractivity contribution >= 4 is 23.7 Å². The van der Waals surface area contributed by atoms with Gasteiger partial charge in [-0.3, -0.25) is 9.59 Å². The highest BCUT2D eigenvalue weighted by Crippen LogP contribution is 2.15. The molecule has 2 rings (SSSR count). The molecule has 6 heteroatoms. The molecule has 0 aliphatic rings. The molecule has 2 N–H and O–H groups in total. The summed E-state index contributed by atoms with van der Waals surface area (Å²) >= 11 is 0. The van der Waals surface area contributed by atoms with Gasteiger partial charge in [-0.2, -0.15) is 5.10 Å². The van der Waals surface area contributed by atoms with E-state index in [1.165, 1.54) is 6.21 Å². The number of anilines is 1. The monoisotopic (exact) mass is 311 g/mol. The molecule has 0 spiro atoms. The maximum atomic E-state index is 11.7. The van der Waals surface area contributed by atoms with Crippen molar-refractivity contribution < 1.29 is 14.3 Å². The molecule has 0 unspecified atom stereocenters. The Hall–Kier alpha value is -3.15. The number of amides is 2. The van der Waals surface area contributed by atoms with Gasteiger partial charge in [0.05, 0.1) is 12.8 Å². The van der Waals surface area contributed by atoms with Crippen LogP contribution in [0.1, 0.15) is 12.5 Å². The van der Waals surface area contributed by atoms with Crippen LogP contribution in [-0.4, -0.2) is 24.6 Å². The lowest BCUT2D eigenvalue weighted by molar-refractivity contribution is -0.136. The van der Waals surface area contributed by atoms with E-state index in [9.17, 15) is 9.59 Å². The molecule has 2 amide bonds. The molecule has 6 nitrogen and oxygen atoms in total. The minimum Gasteiger partial charge on any atom is -0.494 e. The van der Waals surface area contributed by atoms with E-state index in [2.05, 4.69) is 15.8 Å². The summed E-state index contributed by atoms with van der Waals surface area (Å²) in [6.45, 7) is 2.45. The Morgan fingerprint density at radius 2 is 1.74 bits per heavy atom. The normalized spacial score (nSPS) is 10.3. The minimum absolute atomic E-state index is 0.501. The third kappa shape index (κ3) is 5.28. The van der Waals surface area contributed by atoms with Gasteiger partial charge >= 0.3 is 11.8 Å². The Morgan fingerprint density at radius 3 is 2.39 bits per heavy atom. The summed E-state index contributed by atoms with van der Waals surface area (Å²) in [4.78, 5) is 23.4. The molecule has 0 aliphatic carbocycles. The summed E-state index contributed by atoms with van der Waals surface area (Å²) in [6, 6.07) is 16.0. The fourth-order valence-corrected chi connectivity index (χ4v) is 1.74. The van der Waals surface area contributed by atoms with Crippen LogP contribution in [-0.2, 0) is 9.59 Å². The van der Waals surface area contributed by atoms with Gasteiger partial charge in [-0.1, -0.05) is 30.3 Å². The molecule has 0 atom stereocenters. The second kappa shape index (κ2) is 8.33. The number of hydrogen-bond acceptors (Lipinski definition) is 4. The number of carbonyl (C=O) groups is 2. The average molecular weight is 311 g/mol. The van der Waals surface area contributed by atoms with Crippen LogP contribution in [0.4, 0.5) is 5.69 Å². The van der Waals surface area contributed by atoms with Crippen LogP contribution in [0, 0.1) is 0 Å². The first-order chi connectivity index (χ1) is 11.2. The SMILES string of the molecule is CCOc1ccc(NC(=O)C(=O)N/N=C/c2ccccc2)cc1. The van der Waals surface area contributed by atoms with Crippen molar-refractivity contribution in [3.05, 3.63) is 60.2 Å². The van der Waals surface area contributed by atoms with E-state index in [1.54, 1.807) is 24.3 Å². The Labute approximate surface area is 134 Å². The summed E-state index contributed by atoms with van der Waals surface area (Å²) in [6.07, 6.45) is 1.46. The number of carbonyl (C=O) groups excluding carboxylic acids is 2. The highest BCUT2D eigenvalue weighted by atomic mass is 16.5. The van der Waals surface area contributed by atoms with E-state index >= 15 is 0 Å². The fraction of sp³-hybridized carbons (Fsp3) is 0.118. The second-order valence-electron chi connectivity index (χ2n) is 4.52. The highest BCUT2D eigenvalue weighted by molar-refractivity contribution is 6.39. The zero-order valence-corrected chi connectivity index (χ0v) is 12.7. The van der Waals surface area contributed by atoms with Crippen molar-refractivity contribution in [2.75, 3.05) is 11.9 Å². The molecule has 2 aromatic rings. The topological polar surface area (TPSA) is 79.8 Å². The van der Waals surface area contributed by atoms with E-state index in [-0.39, 0.29) is 0 Å². The van der Waals surface area contributed by atoms with E-state index in [0.29, 0.717) is 18.0 Å². The van der Waals surface area contributed by atoms with Crippen molar-refractivity contribution in [1.82, 2.24) is 5.43 Å². The summed E-state index contributed by atoms with van der Waals surface area (Å²) in [7, 11) is 0. The van der Waals surface area contributed by atoms with Gasteiger partial charge in [0.2, 0.25) is 0 Å². The van der Waals surface area contributed by atoms with Gasteiger partial charge in [-0.25, -0.2) is 5.43 Å². The molecular weight excluding hydrogens is 294 g/mol. The van der Waals surface area contributed by atoms with E-state index < -0.39 is 11.8 Å². The summed E-state index contributed by atoms with van der Waals surface area (Å²) in [5, 5.41) is 6.22. The van der Waals surface area contributed by atoms with Crippen LogP contribution in [0.25, 0.3) is 0 Å². The number of nitrogens with one attached hydrogen (secondary N) is 2. The average Bonchev–Trinajstić information content (AvgIpc) is 2.57. The van der Waals surface area contributed by atoms with E-state index in [4.69, 9.17) is 4.74 Å². The van der Waals surface area contributed by atoms with Crippen LogP contribution >= 0.6 is 0 Å². The van der Waals surface area contributed by atoms with Crippen LogP contribution in [0.3, 0.4) is 0 Å². The van der Waals surface area contributed by atoms with Crippen molar-refractivity contribution in [3.8, 4) is 5.75 Å². The maximum Gasteiger partial charge on any atom is 0.329 e. The first-order valence-corrected chi connectivity index (χ1v) is 7.11. The molecule has 0 aliphatic heterocycles. The molecule has 23 heavy (non-hydrogen) atoms. The Morgan fingerprint density at radius 1 is 1.04 bits per heavy atom. The summed E-state index contributed by atoms with van der Waals surface area (Å²) < 4.78 is 5.30. The third-order valence-electron chi connectivity index (χ3n) is 2.81. The molecule has 118 valence electrons. The van der Waals surface area contributed by atoms with Crippen LogP contribution in [0.15, 0.2) is 59.7 Å². The first kappa shape index (κ1) is 16.2. The van der Waals surface area contributed by atoms with Crippen molar-refractivity contribution in [1.29, 1.82) is 0 Å². The van der Waals surface area contributed by atoms with Crippen LogP contribution < -0.4 is 15.5 Å². The Balaban J connectivity index is 1.85. The number of nitrogens with zero attached hydrogens (tertiary/aromatic N) is 1. The molecule has 0 bridgehead atoms. The van der Waals surface area contributed by atoms with Gasteiger partial charge in [0.15, 0.2) is 0 Å². The van der Waals surface area contributed by atoms with Crippen LogP contribution in [0.5, 0.6) is 5.75 Å². The van der Waals surface area contributed by atoms with Gasteiger partial charge in [-0.05, 0) is 36.8 Å². The lowest BCUT2D eigenvalue weighted by atomic mass is 10.2. The standard InChI is InChI=1S/C17H17N3O3/c1-2-23-15-10-8-14(9-11-15)19-16(21)17(22)20-18-12-13-6-4-3-5-7-13/h3-12H,2H2,1H3,(H,19,21)(H,20,22)/b18-12+. The molecule has 0 saturated heterocycles. The first-order valence-electron chi connectivity index (χ1n) is 7.11. The lowest BCUT2D eigenvalue weighted by Gasteiger charge is -2.06. The number of rotatable bonds is 5. The third-order valence-corrected chi connectivity index (χ3v) is 2.81. The van der Waals surface area contributed by atoms with Crippen molar-refractivity contribution in [2.45, 2.75) is 6.92 Å². The molecule has 0 fully saturated rings. The Bertz CT molecular complexity index is 682. The molecule has 2 aromatic carbocycles. The zero-order valence-electron chi connectivity index (χ0n) is 12.7. The predicted molar refractivity (Wildman–Crippen MR) is 88.4 cm³/mol. The van der Waals surface area contributed by atoms with Crippen molar-refractivity contribution in [3.63, 3.8) is 0 Å². The lowest BCUT2D eigenvalue weighted by Crippen LogP contribution is -2.32. The number of ether oxygens (including phenoxy) is 1. The second-order valence-corrected chi connectivity index (χ2v) is 4.52. The Kier molecular flexibility index (Phi) is 5.88. The predicted octanol–water partition coefficient (Wildman–Crippen LogP) is 2.17. The van der Waals surface area contributed by atoms with Crippen LogP contribution in [0.2, 0.25) is 0 Å². The summed E-state index contributed by atoms with van der Waals surface area (Å²) in [5.74, 6) is -0.937. The molecular formula is C17H17N3O3. The van der Waals surface area contributed by atoms with Gasteiger partial charge in [0, 0.05) is 5.69 Å². The highest BCUT2D eigenvalue weighted by Gasteiger charge is 2.12. The zero-order chi connectivity index (χ0) is 16.5. The van der Waals surface area contributed by atoms with Gasteiger partial charge in [-0.15, -0.1) is 0 Å². The number of hydrogen-bond donors (Lipinski definition) is 2. The largest absolute Gasteiger partial charge is 0.494 e. The fourth-order valence-electron chi connectivity index (χ4n) is 1.74. The maximum absolute atomic E-state index is 11.7. The number of benzene rings is 2. The molecule has 0 heterocycles. The van der Waals surface area contributed by atoms with Gasteiger partial charge < -0.3 is 10.1 Å². The van der Waals surface area contributed by atoms with E-state index in [0.717, 1.165) is 5.56 Å². The van der Waals surface area contributed by atoms with E-state index in [1.807, 2.05) is 37.3 Å². The molecule has 0 aromatic heterocycles. The van der Waals surface area contributed by atoms with Crippen molar-refractivity contribution in [2.24, 2.45) is 5.10 Å². The molecule has 0 saturated carbocycles. The van der Waals surface area contributed by atoms with Gasteiger partial charge in [0.1, 0.15) is 5.75 Å². The summed E-state index contributed by atoms with van der Waals surface area (Å²) in [5.41, 5.74) is 3.50. The number of hydrazone groups is 1. The smallest absolute Gasteiger partial charge is 0.329 e. The van der Waals surface area contributed by atoms with Gasteiger partial charge in [0.25, 0.3) is 0 Å². The quantitative estimate of drug-likeness (QED) is 0.504. The minimum atomic E-state index is -0.842. The molecule has 0 radical (unpaired) electrons.